The van der Waals surface area contributed by atoms with Gasteiger partial charge in [0.2, 0.25) is 11.8 Å². The van der Waals surface area contributed by atoms with Crippen molar-refractivity contribution in [1.29, 1.82) is 5.41 Å². The summed E-state index contributed by atoms with van der Waals surface area (Å²) in [5.74, 6) is -1.41. The quantitative estimate of drug-likeness (QED) is 0.165. The smallest absolute Gasteiger partial charge is 0.288 e. The molecule has 11 nitrogen and oxygen atoms in total. The number of nitro benzene ring substituents is 1. The number of hydrazone groups is 1. The summed E-state index contributed by atoms with van der Waals surface area (Å²) < 4.78 is 42.5. The van der Waals surface area contributed by atoms with Gasteiger partial charge in [0.25, 0.3) is 10.1 Å². The van der Waals surface area contributed by atoms with Crippen LogP contribution in [0.3, 0.4) is 0 Å². The summed E-state index contributed by atoms with van der Waals surface area (Å²) in [5, 5.41) is 29.0. The first-order valence-corrected chi connectivity index (χ1v) is 8.74. The zero-order valence-electron chi connectivity index (χ0n) is 14.3. The van der Waals surface area contributed by atoms with Crippen LogP contribution < -0.4 is 10.9 Å². The third kappa shape index (κ3) is 7.45. The van der Waals surface area contributed by atoms with E-state index in [0.29, 0.717) is 0 Å². The Morgan fingerprint density at radius 1 is 1.29 bits per heavy atom. The lowest BCUT2D eigenvalue weighted by atomic mass is 10.2. The number of hydrogen-bond acceptors (Lipinski definition) is 7. The molecule has 28 heavy (non-hydrogen) atoms. The van der Waals surface area contributed by atoms with Crippen molar-refractivity contribution in [3.8, 4) is 0 Å². The molecule has 2 aromatic carbocycles. The van der Waals surface area contributed by atoms with Crippen LogP contribution >= 0.6 is 0 Å². The van der Waals surface area contributed by atoms with Gasteiger partial charge < -0.3 is 0 Å². The Kier molecular flexibility index (Phi) is 8.12. The molecule has 0 spiro atoms. The van der Waals surface area contributed by atoms with E-state index in [1.165, 1.54) is 23.7 Å². The zero-order valence-corrected chi connectivity index (χ0v) is 15.1. The molecule has 0 aliphatic carbocycles. The fourth-order valence-electron chi connectivity index (χ4n) is 1.66. The van der Waals surface area contributed by atoms with Gasteiger partial charge in [0, 0.05) is 11.6 Å². The number of guanidine groups is 1. The fraction of sp³-hybridized carbons (Fsp3) is 0.0667. The largest absolute Gasteiger partial charge is 0.305 e. The summed E-state index contributed by atoms with van der Waals surface area (Å²) in [6.07, 6.45) is 1.14. The van der Waals surface area contributed by atoms with Gasteiger partial charge in [0.1, 0.15) is 0 Å². The average molecular weight is 413 g/mol. The van der Waals surface area contributed by atoms with E-state index in [-0.39, 0.29) is 10.5 Å². The first-order chi connectivity index (χ1) is 13.0. The molecule has 13 heteroatoms. The van der Waals surface area contributed by atoms with Crippen molar-refractivity contribution in [3.05, 3.63) is 69.5 Å². The van der Waals surface area contributed by atoms with Crippen LogP contribution in [0.1, 0.15) is 11.1 Å². The summed E-state index contributed by atoms with van der Waals surface area (Å²) in [6, 6.07) is 9.21. The van der Waals surface area contributed by atoms with E-state index in [9.17, 15) is 22.9 Å². The van der Waals surface area contributed by atoms with E-state index in [2.05, 4.69) is 10.5 Å². The monoisotopic (exact) mass is 413 g/mol. The first-order valence-electron chi connectivity index (χ1n) is 7.30. The van der Waals surface area contributed by atoms with Crippen molar-refractivity contribution in [2.24, 2.45) is 5.10 Å². The van der Waals surface area contributed by atoms with Gasteiger partial charge in [0.15, 0.2) is 0 Å². The Labute approximate surface area is 158 Å². The van der Waals surface area contributed by atoms with Gasteiger partial charge in [-0.25, -0.2) is 10.9 Å². The Bertz CT molecular complexity index is 979. The molecule has 0 unspecified atom stereocenters. The molecule has 0 saturated carbocycles. The van der Waals surface area contributed by atoms with E-state index in [1.807, 2.05) is 6.92 Å². The average Bonchev–Trinajstić information content (AvgIpc) is 2.62. The number of nitrogens with zero attached hydrogens (tertiary/aromatic N) is 2. The highest BCUT2D eigenvalue weighted by atomic mass is 32.2. The number of hydroxylamine groups is 1. The molecular weight excluding hydrogens is 397 g/mol. The van der Waals surface area contributed by atoms with E-state index in [0.717, 1.165) is 23.9 Å². The van der Waals surface area contributed by atoms with Gasteiger partial charge >= 0.3 is 5.69 Å². The molecule has 0 radical (unpaired) electrons. The van der Waals surface area contributed by atoms with Gasteiger partial charge in [-0.3, -0.25) is 25.3 Å². The molecule has 0 amide bonds. The highest BCUT2D eigenvalue weighted by Gasteiger charge is 2.13. The van der Waals surface area contributed by atoms with Crippen molar-refractivity contribution < 1.29 is 27.5 Å². The van der Waals surface area contributed by atoms with Gasteiger partial charge in [-0.2, -0.15) is 17.9 Å². The number of nitrogens with one attached hydrogen (secondary N) is 3. The maximum absolute atomic E-state index is 12.9. The van der Waals surface area contributed by atoms with Crippen molar-refractivity contribution in [1.82, 2.24) is 10.9 Å². The third-order valence-electron chi connectivity index (χ3n) is 2.99. The van der Waals surface area contributed by atoms with Crippen LogP contribution in [0.4, 0.5) is 10.1 Å². The Hall–Kier alpha value is -3.42. The Morgan fingerprint density at radius 3 is 2.39 bits per heavy atom. The molecule has 150 valence electrons. The standard InChI is InChI=1S/C8H8FN5O3.C7H8O3S/c9-6-2-1-5(3-7(6)14(16)17)4-11-12-8(10)13-15;1-6-2-4-7(5-3-6)11(8,9)10/h1-4,15H,(H3,10,12,13);2-5H,1H3,(H,8,9,10). The predicted octanol–water partition coefficient (Wildman–Crippen LogP) is 1.81. The lowest BCUT2D eigenvalue weighted by Gasteiger charge is -1.99. The molecule has 0 aliphatic heterocycles. The minimum Gasteiger partial charge on any atom is -0.288 e. The topological polar surface area (TPSA) is 178 Å². The maximum atomic E-state index is 12.9. The van der Waals surface area contributed by atoms with Crippen molar-refractivity contribution in [3.63, 3.8) is 0 Å². The molecule has 0 heterocycles. The second-order valence-corrected chi connectivity index (χ2v) is 6.53. The fourth-order valence-corrected chi connectivity index (χ4v) is 2.14. The van der Waals surface area contributed by atoms with E-state index < -0.39 is 32.5 Å². The molecule has 2 rings (SSSR count). The summed E-state index contributed by atoms with van der Waals surface area (Å²) in [6.45, 7) is 1.84. The third-order valence-corrected chi connectivity index (χ3v) is 3.86. The number of aryl methyl sites for hydroxylation is 1. The Morgan fingerprint density at radius 2 is 1.89 bits per heavy atom. The van der Waals surface area contributed by atoms with Gasteiger partial charge in [0.05, 0.1) is 16.0 Å². The number of hydrogen-bond donors (Lipinski definition) is 5. The van der Waals surface area contributed by atoms with E-state index in [1.54, 1.807) is 12.1 Å². The summed E-state index contributed by atoms with van der Waals surface area (Å²) in [4.78, 5) is 9.51. The van der Waals surface area contributed by atoms with Crippen LogP contribution in [0, 0.1) is 28.3 Å². The first kappa shape index (κ1) is 22.6. The molecule has 0 aliphatic rings. The lowest BCUT2D eigenvalue weighted by Crippen LogP contribution is -2.30. The zero-order chi connectivity index (χ0) is 21.3. The minimum absolute atomic E-state index is 0.0666. The molecule has 2 aromatic rings. The van der Waals surface area contributed by atoms with E-state index in [4.69, 9.17) is 15.2 Å². The SMILES string of the molecule is Cc1ccc(S(=O)(=O)O)cc1.N=C(NO)NN=Cc1ccc(F)c([N+](=O)[O-])c1. The van der Waals surface area contributed by atoms with Crippen LogP contribution in [-0.4, -0.2) is 35.3 Å². The highest BCUT2D eigenvalue weighted by molar-refractivity contribution is 7.85. The van der Waals surface area contributed by atoms with Gasteiger partial charge in [-0.15, -0.1) is 0 Å². The van der Waals surface area contributed by atoms with Crippen molar-refractivity contribution >= 4 is 28.0 Å². The number of rotatable bonds is 4. The maximum Gasteiger partial charge on any atom is 0.305 e. The van der Waals surface area contributed by atoms with Gasteiger partial charge in [-0.1, -0.05) is 17.7 Å². The minimum atomic E-state index is -4.02. The second kappa shape index (κ2) is 10.1. The van der Waals surface area contributed by atoms with Crippen LogP contribution in [0.15, 0.2) is 52.5 Å². The van der Waals surface area contributed by atoms with Crippen molar-refractivity contribution in [2.45, 2.75) is 11.8 Å². The van der Waals surface area contributed by atoms with Crippen LogP contribution in [0.2, 0.25) is 0 Å². The molecule has 0 aromatic heterocycles. The molecule has 0 fully saturated rings. The van der Waals surface area contributed by atoms with Crippen LogP contribution in [-0.2, 0) is 10.1 Å². The second-order valence-electron chi connectivity index (χ2n) is 5.11. The normalized spacial score (nSPS) is 10.7. The predicted molar refractivity (Wildman–Crippen MR) is 97.4 cm³/mol. The number of nitro groups is 1. The molecule has 0 saturated heterocycles. The van der Waals surface area contributed by atoms with Crippen LogP contribution in [0.25, 0.3) is 0 Å². The number of benzene rings is 2. The molecule has 0 bridgehead atoms. The summed E-state index contributed by atoms with van der Waals surface area (Å²) >= 11 is 0. The summed E-state index contributed by atoms with van der Waals surface area (Å²) in [7, 11) is -4.02. The van der Waals surface area contributed by atoms with Crippen molar-refractivity contribution in [2.75, 3.05) is 0 Å². The molecule has 0 atom stereocenters. The molecular formula is C15H16FN5O6S. The Balaban J connectivity index is 0.000000307. The molecule has 5 N–H and O–H groups in total. The van der Waals surface area contributed by atoms with E-state index >= 15 is 0 Å². The van der Waals surface area contributed by atoms with Crippen LogP contribution in [0.5, 0.6) is 0 Å². The van der Waals surface area contributed by atoms with Gasteiger partial charge in [-0.05, 0) is 31.2 Å². The lowest BCUT2D eigenvalue weighted by molar-refractivity contribution is -0.387. The summed E-state index contributed by atoms with van der Waals surface area (Å²) in [5.41, 5.74) is 4.12. The number of halogens is 1. The highest BCUT2D eigenvalue weighted by Crippen LogP contribution is 2.17.